The van der Waals surface area contributed by atoms with Crippen molar-refractivity contribution in [3.05, 3.63) is 23.0 Å². The molecule has 3 rings (SSSR count). The first-order valence-corrected chi connectivity index (χ1v) is 6.94. The standard InChI is InChI=1S/C15H19NO2/c1-10-9-14(18-11-5-2-3-6-11)12-7-4-8-13(17)15(12)16-10/h9,11H,2-8H2,1H3. The van der Waals surface area contributed by atoms with Gasteiger partial charge in [0.2, 0.25) is 0 Å². The molecule has 0 saturated heterocycles. The Morgan fingerprint density at radius 1 is 1.22 bits per heavy atom. The van der Waals surface area contributed by atoms with Gasteiger partial charge in [-0.1, -0.05) is 0 Å². The molecule has 0 bridgehead atoms. The van der Waals surface area contributed by atoms with Gasteiger partial charge in [-0.15, -0.1) is 0 Å². The summed E-state index contributed by atoms with van der Waals surface area (Å²) in [5.74, 6) is 1.09. The minimum atomic E-state index is 0.177. The summed E-state index contributed by atoms with van der Waals surface area (Å²) in [4.78, 5) is 16.3. The van der Waals surface area contributed by atoms with Crippen molar-refractivity contribution in [3.8, 4) is 5.75 Å². The van der Waals surface area contributed by atoms with Crippen LogP contribution in [-0.2, 0) is 6.42 Å². The lowest BCUT2D eigenvalue weighted by atomic mass is 9.94. The molecule has 18 heavy (non-hydrogen) atoms. The van der Waals surface area contributed by atoms with Crippen molar-refractivity contribution in [3.63, 3.8) is 0 Å². The molecule has 3 heteroatoms. The average molecular weight is 245 g/mol. The van der Waals surface area contributed by atoms with Crippen molar-refractivity contribution >= 4 is 5.78 Å². The molecule has 0 radical (unpaired) electrons. The van der Waals surface area contributed by atoms with Crippen LogP contribution in [0.2, 0.25) is 0 Å². The van der Waals surface area contributed by atoms with Crippen LogP contribution in [0.4, 0.5) is 0 Å². The van der Waals surface area contributed by atoms with E-state index in [1.807, 2.05) is 13.0 Å². The summed E-state index contributed by atoms with van der Waals surface area (Å²) in [7, 11) is 0. The van der Waals surface area contributed by atoms with E-state index in [2.05, 4.69) is 4.98 Å². The van der Waals surface area contributed by atoms with E-state index in [9.17, 15) is 4.79 Å². The first-order valence-electron chi connectivity index (χ1n) is 6.94. The quantitative estimate of drug-likeness (QED) is 0.803. The van der Waals surface area contributed by atoms with Gasteiger partial charge in [-0.05, 0) is 45.4 Å². The third-order valence-electron chi connectivity index (χ3n) is 3.90. The molecule has 2 aliphatic rings. The Bertz CT molecular complexity index is 476. The maximum absolute atomic E-state index is 11.9. The molecule has 1 saturated carbocycles. The lowest BCUT2D eigenvalue weighted by Gasteiger charge is -2.21. The van der Waals surface area contributed by atoms with E-state index in [1.165, 1.54) is 12.8 Å². The Balaban J connectivity index is 1.94. The zero-order valence-electron chi connectivity index (χ0n) is 10.9. The van der Waals surface area contributed by atoms with Gasteiger partial charge in [0, 0.05) is 23.7 Å². The molecule has 1 aromatic heterocycles. The first kappa shape index (κ1) is 11.7. The SMILES string of the molecule is Cc1cc(OC2CCCC2)c2c(n1)C(=O)CCC2. The normalized spacial score (nSPS) is 19.9. The zero-order valence-corrected chi connectivity index (χ0v) is 10.9. The summed E-state index contributed by atoms with van der Waals surface area (Å²) < 4.78 is 6.11. The van der Waals surface area contributed by atoms with Crippen LogP contribution in [0.1, 0.15) is 60.3 Å². The maximum Gasteiger partial charge on any atom is 0.181 e. The lowest BCUT2D eigenvalue weighted by molar-refractivity contribution is 0.0964. The van der Waals surface area contributed by atoms with E-state index in [4.69, 9.17) is 4.74 Å². The number of ketones is 1. The number of pyridine rings is 1. The molecule has 1 fully saturated rings. The second kappa shape index (κ2) is 4.71. The average Bonchev–Trinajstić information content (AvgIpc) is 2.83. The number of Topliss-reactive ketones (excluding diaryl/α,β-unsaturated/α-hetero) is 1. The van der Waals surface area contributed by atoms with Crippen LogP contribution < -0.4 is 4.74 Å². The highest BCUT2D eigenvalue weighted by Gasteiger charge is 2.25. The third kappa shape index (κ3) is 2.14. The van der Waals surface area contributed by atoms with E-state index in [0.717, 1.165) is 42.7 Å². The highest BCUT2D eigenvalue weighted by Crippen LogP contribution is 2.32. The van der Waals surface area contributed by atoms with Gasteiger partial charge in [0.1, 0.15) is 11.4 Å². The maximum atomic E-state index is 11.9. The van der Waals surface area contributed by atoms with Crippen LogP contribution in [0, 0.1) is 6.92 Å². The minimum Gasteiger partial charge on any atom is -0.490 e. The number of carbonyl (C=O) groups is 1. The second-order valence-electron chi connectivity index (χ2n) is 5.39. The summed E-state index contributed by atoms with van der Waals surface area (Å²) in [5, 5.41) is 0. The van der Waals surface area contributed by atoms with E-state index in [-0.39, 0.29) is 5.78 Å². The Morgan fingerprint density at radius 2 is 2.00 bits per heavy atom. The van der Waals surface area contributed by atoms with E-state index < -0.39 is 0 Å². The summed E-state index contributed by atoms with van der Waals surface area (Å²) in [6.45, 7) is 1.93. The molecule has 0 atom stereocenters. The first-order chi connectivity index (χ1) is 8.74. The Morgan fingerprint density at radius 3 is 2.78 bits per heavy atom. The molecule has 0 aliphatic heterocycles. The van der Waals surface area contributed by atoms with Crippen molar-refractivity contribution in [2.75, 3.05) is 0 Å². The van der Waals surface area contributed by atoms with Gasteiger partial charge < -0.3 is 4.74 Å². The molecule has 96 valence electrons. The number of aromatic nitrogens is 1. The predicted molar refractivity (Wildman–Crippen MR) is 69.1 cm³/mol. The molecule has 0 amide bonds. The third-order valence-corrected chi connectivity index (χ3v) is 3.90. The van der Waals surface area contributed by atoms with Crippen molar-refractivity contribution in [2.24, 2.45) is 0 Å². The molecular weight excluding hydrogens is 226 g/mol. The molecule has 0 spiro atoms. The number of ether oxygens (including phenoxy) is 1. The number of rotatable bonds is 2. The van der Waals surface area contributed by atoms with Crippen LogP contribution in [0.3, 0.4) is 0 Å². The van der Waals surface area contributed by atoms with Gasteiger partial charge in [0.05, 0.1) is 6.10 Å². The number of aryl methyl sites for hydroxylation is 1. The van der Waals surface area contributed by atoms with Gasteiger partial charge >= 0.3 is 0 Å². The van der Waals surface area contributed by atoms with E-state index in [1.54, 1.807) is 0 Å². The van der Waals surface area contributed by atoms with Crippen LogP contribution >= 0.6 is 0 Å². The monoisotopic (exact) mass is 245 g/mol. The molecule has 1 heterocycles. The van der Waals surface area contributed by atoms with Crippen molar-refractivity contribution < 1.29 is 9.53 Å². The zero-order chi connectivity index (χ0) is 12.5. The summed E-state index contributed by atoms with van der Waals surface area (Å²) >= 11 is 0. The Hall–Kier alpha value is -1.38. The van der Waals surface area contributed by atoms with Gasteiger partial charge in [-0.2, -0.15) is 0 Å². The molecule has 1 aromatic rings. The largest absolute Gasteiger partial charge is 0.490 e. The fourth-order valence-corrected chi connectivity index (χ4v) is 2.98. The van der Waals surface area contributed by atoms with Crippen LogP contribution in [0.15, 0.2) is 6.07 Å². The highest BCUT2D eigenvalue weighted by molar-refractivity contribution is 5.97. The van der Waals surface area contributed by atoms with E-state index >= 15 is 0 Å². The van der Waals surface area contributed by atoms with Crippen LogP contribution in [-0.4, -0.2) is 16.9 Å². The second-order valence-corrected chi connectivity index (χ2v) is 5.39. The fraction of sp³-hybridized carbons (Fsp3) is 0.600. The summed E-state index contributed by atoms with van der Waals surface area (Å²) in [6, 6.07) is 2.00. The highest BCUT2D eigenvalue weighted by atomic mass is 16.5. The molecule has 3 nitrogen and oxygen atoms in total. The number of carbonyl (C=O) groups excluding carboxylic acids is 1. The number of hydrogen-bond donors (Lipinski definition) is 0. The number of fused-ring (bicyclic) bond motifs is 1. The van der Waals surface area contributed by atoms with Crippen LogP contribution in [0.5, 0.6) is 5.75 Å². The molecular formula is C15H19NO2. The van der Waals surface area contributed by atoms with Gasteiger partial charge in [0.15, 0.2) is 5.78 Å². The summed E-state index contributed by atoms with van der Waals surface area (Å²) in [6.07, 6.45) is 7.63. The molecule has 2 aliphatic carbocycles. The predicted octanol–water partition coefficient (Wildman–Crippen LogP) is 3.23. The minimum absolute atomic E-state index is 0.177. The molecule has 0 aromatic carbocycles. The molecule has 0 unspecified atom stereocenters. The smallest absolute Gasteiger partial charge is 0.181 e. The van der Waals surface area contributed by atoms with E-state index in [0.29, 0.717) is 18.2 Å². The number of hydrogen-bond acceptors (Lipinski definition) is 3. The fourth-order valence-electron chi connectivity index (χ4n) is 2.98. The van der Waals surface area contributed by atoms with Crippen LogP contribution in [0.25, 0.3) is 0 Å². The summed E-state index contributed by atoms with van der Waals surface area (Å²) in [5.41, 5.74) is 2.59. The van der Waals surface area contributed by atoms with Gasteiger partial charge in [-0.3, -0.25) is 4.79 Å². The Labute approximate surface area is 108 Å². The Kier molecular flexibility index (Phi) is 3.06. The lowest BCUT2D eigenvalue weighted by Crippen LogP contribution is -2.18. The molecule has 0 N–H and O–H groups in total. The van der Waals surface area contributed by atoms with Crippen molar-refractivity contribution in [2.45, 2.75) is 58.0 Å². The van der Waals surface area contributed by atoms with Crippen molar-refractivity contribution in [1.82, 2.24) is 4.98 Å². The van der Waals surface area contributed by atoms with Gasteiger partial charge in [-0.25, -0.2) is 4.98 Å². The topological polar surface area (TPSA) is 39.2 Å². The van der Waals surface area contributed by atoms with Crippen molar-refractivity contribution in [1.29, 1.82) is 0 Å². The van der Waals surface area contributed by atoms with Gasteiger partial charge in [0.25, 0.3) is 0 Å². The number of nitrogens with zero attached hydrogens (tertiary/aromatic N) is 1.